The molecule has 1 aromatic heterocycles. The zero-order valence-corrected chi connectivity index (χ0v) is 12.1. The van der Waals surface area contributed by atoms with Crippen molar-refractivity contribution >= 4 is 5.91 Å². The third-order valence-electron chi connectivity index (χ3n) is 3.44. The summed E-state index contributed by atoms with van der Waals surface area (Å²) in [5.74, 6) is -0.0632. The second-order valence-corrected chi connectivity index (χ2v) is 4.97. The summed E-state index contributed by atoms with van der Waals surface area (Å²) in [5.41, 5.74) is 2.92. The van der Waals surface area contributed by atoms with Gasteiger partial charge in [-0.2, -0.15) is 5.10 Å². The number of carbonyl (C=O) groups is 1. The molecule has 1 heterocycles. The first-order valence-electron chi connectivity index (χ1n) is 7.24. The Bertz CT molecular complexity index is 719. The van der Waals surface area contributed by atoms with E-state index in [-0.39, 0.29) is 5.91 Å². The molecule has 4 nitrogen and oxygen atoms in total. The van der Waals surface area contributed by atoms with Crippen LogP contribution in [0.2, 0.25) is 0 Å². The smallest absolute Gasteiger partial charge is 0.251 e. The van der Waals surface area contributed by atoms with Crippen molar-refractivity contribution in [1.82, 2.24) is 15.1 Å². The van der Waals surface area contributed by atoms with Crippen LogP contribution in [0.1, 0.15) is 10.4 Å². The van der Waals surface area contributed by atoms with Gasteiger partial charge in [0.15, 0.2) is 0 Å². The van der Waals surface area contributed by atoms with E-state index in [1.807, 2.05) is 54.7 Å². The highest BCUT2D eigenvalue weighted by Crippen LogP contribution is 2.19. The zero-order valence-electron chi connectivity index (χ0n) is 12.1. The first-order chi connectivity index (χ1) is 10.8. The number of benzene rings is 2. The maximum atomic E-state index is 12.1. The molecule has 4 heteroatoms. The van der Waals surface area contributed by atoms with Gasteiger partial charge in [-0.1, -0.05) is 42.5 Å². The van der Waals surface area contributed by atoms with Gasteiger partial charge in [0, 0.05) is 24.5 Å². The van der Waals surface area contributed by atoms with Crippen LogP contribution < -0.4 is 5.32 Å². The molecule has 22 heavy (non-hydrogen) atoms. The SMILES string of the molecule is O=C(NCCn1cccn1)c1ccc(-c2ccccc2)cc1. The van der Waals surface area contributed by atoms with Crippen LogP contribution in [0.4, 0.5) is 0 Å². The molecule has 110 valence electrons. The number of rotatable bonds is 5. The van der Waals surface area contributed by atoms with Crippen LogP contribution in [0.3, 0.4) is 0 Å². The van der Waals surface area contributed by atoms with Crippen molar-refractivity contribution in [2.24, 2.45) is 0 Å². The van der Waals surface area contributed by atoms with Crippen LogP contribution in [0.5, 0.6) is 0 Å². The van der Waals surface area contributed by atoms with E-state index < -0.39 is 0 Å². The maximum absolute atomic E-state index is 12.1. The van der Waals surface area contributed by atoms with E-state index in [1.54, 1.807) is 10.9 Å². The van der Waals surface area contributed by atoms with Crippen molar-refractivity contribution in [3.8, 4) is 11.1 Å². The standard InChI is InChI=1S/C18H17N3O/c22-18(19-12-14-21-13-4-11-20-21)17-9-7-16(8-10-17)15-5-2-1-3-6-15/h1-11,13H,12,14H2,(H,19,22). The predicted octanol–water partition coefficient (Wildman–Crippen LogP) is 2.98. The summed E-state index contributed by atoms with van der Waals surface area (Å²) in [6, 6.07) is 19.6. The Balaban J connectivity index is 1.59. The van der Waals surface area contributed by atoms with E-state index >= 15 is 0 Å². The molecule has 0 unspecified atom stereocenters. The van der Waals surface area contributed by atoms with Gasteiger partial charge in [-0.25, -0.2) is 0 Å². The zero-order chi connectivity index (χ0) is 15.2. The van der Waals surface area contributed by atoms with Crippen LogP contribution >= 0.6 is 0 Å². The Hall–Kier alpha value is -2.88. The number of nitrogens with zero attached hydrogens (tertiary/aromatic N) is 2. The summed E-state index contributed by atoms with van der Waals surface area (Å²) in [4.78, 5) is 12.1. The van der Waals surface area contributed by atoms with Crippen LogP contribution in [0, 0.1) is 0 Å². The van der Waals surface area contributed by atoms with Gasteiger partial charge >= 0.3 is 0 Å². The number of amides is 1. The van der Waals surface area contributed by atoms with E-state index in [9.17, 15) is 4.79 Å². The molecule has 0 spiro atoms. The van der Waals surface area contributed by atoms with Crippen molar-refractivity contribution in [3.05, 3.63) is 78.6 Å². The fourth-order valence-corrected chi connectivity index (χ4v) is 2.26. The van der Waals surface area contributed by atoms with Crippen molar-refractivity contribution in [1.29, 1.82) is 0 Å². The lowest BCUT2D eigenvalue weighted by molar-refractivity contribution is 0.0952. The molecule has 0 aliphatic carbocycles. The summed E-state index contributed by atoms with van der Waals surface area (Å²) in [6.07, 6.45) is 3.60. The molecule has 2 aromatic carbocycles. The van der Waals surface area contributed by atoms with Gasteiger partial charge in [-0.15, -0.1) is 0 Å². The molecule has 0 fully saturated rings. The van der Waals surface area contributed by atoms with Crippen LogP contribution in [-0.2, 0) is 6.54 Å². The second kappa shape index (κ2) is 6.72. The monoisotopic (exact) mass is 291 g/mol. The minimum Gasteiger partial charge on any atom is -0.350 e. The van der Waals surface area contributed by atoms with Gasteiger partial charge in [0.25, 0.3) is 5.91 Å². The topological polar surface area (TPSA) is 46.9 Å². The summed E-state index contributed by atoms with van der Waals surface area (Å²) in [6.45, 7) is 1.22. The van der Waals surface area contributed by atoms with Gasteiger partial charge < -0.3 is 5.32 Å². The molecule has 3 rings (SSSR count). The van der Waals surface area contributed by atoms with Gasteiger partial charge in [0.05, 0.1) is 6.54 Å². The average molecular weight is 291 g/mol. The quantitative estimate of drug-likeness (QED) is 0.785. The highest BCUT2D eigenvalue weighted by atomic mass is 16.1. The van der Waals surface area contributed by atoms with E-state index in [0.29, 0.717) is 18.7 Å². The largest absolute Gasteiger partial charge is 0.350 e. The van der Waals surface area contributed by atoms with Crippen molar-refractivity contribution in [2.45, 2.75) is 6.54 Å². The van der Waals surface area contributed by atoms with E-state index in [2.05, 4.69) is 22.5 Å². The lowest BCUT2D eigenvalue weighted by atomic mass is 10.0. The van der Waals surface area contributed by atoms with E-state index in [0.717, 1.165) is 11.1 Å². The van der Waals surface area contributed by atoms with Crippen LogP contribution in [-0.4, -0.2) is 22.2 Å². The molecule has 3 aromatic rings. The number of carbonyl (C=O) groups excluding carboxylic acids is 1. The van der Waals surface area contributed by atoms with Gasteiger partial charge in [-0.05, 0) is 29.3 Å². The molecule has 1 N–H and O–H groups in total. The molecule has 0 aliphatic rings. The molecule has 0 saturated heterocycles. The molecule has 0 atom stereocenters. The summed E-state index contributed by atoms with van der Waals surface area (Å²) in [5, 5.41) is 6.99. The number of hydrogen-bond donors (Lipinski definition) is 1. The minimum absolute atomic E-state index is 0.0632. The second-order valence-electron chi connectivity index (χ2n) is 4.97. The summed E-state index contributed by atoms with van der Waals surface area (Å²) >= 11 is 0. The average Bonchev–Trinajstić information content (AvgIpc) is 3.09. The number of hydrogen-bond acceptors (Lipinski definition) is 2. The van der Waals surface area contributed by atoms with Crippen LogP contribution in [0.15, 0.2) is 73.1 Å². The van der Waals surface area contributed by atoms with Crippen molar-refractivity contribution < 1.29 is 4.79 Å². The van der Waals surface area contributed by atoms with E-state index in [1.165, 1.54) is 0 Å². The highest BCUT2D eigenvalue weighted by molar-refractivity contribution is 5.94. The lowest BCUT2D eigenvalue weighted by Crippen LogP contribution is -2.27. The Morgan fingerprint density at radius 2 is 1.68 bits per heavy atom. The van der Waals surface area contributed by atoms with Gasteiger partial charge in [0.1, 0.15) is 0 Å². The third-order valence-corrected chi connectivity index (χ3v) is 3.44. The van der Waals surface area contributed by atoms with Crippen LogP contribution in [0.25, 0.3) is 11.1 Å². The first kappa shape index (κ1) is 14.1. The lowest BCUT2D eigenvalue weighted by Gasteiger charge is -2.07. The number of nitrogens with one attached hydrogen (secondary N) is 1. The summed E-state index contributed by atoms with van der Waals surface area (Å²) < 4.78 is 1.79. The molecule has 0 radical (unpaired) electrons. The highest BCUT2D eigenvalue weighted by Gasteiger charge is 2.05. The predicted molar refractivity (Wildman–Crippen MR) is 86.4 cm³/mol. The Morgan fingerprint density at radius 3 is 2.36 bits per heavy atom. The van der Waals surface area contributed by atoms with E-state index in [4.69, 9.17) is 0 Å². The third kappa shape index (κ3) is 3.41. The van der Waals surface area contributed by atoms with Gasteiger partial charge in [-0.3, -0.25) is 9.48 Å². The fraction of sp³-hybridized carbons (Fsp3) is 0.111. The first-order valence-corrected chi connectivity index (χ1v) is 7.24. The normalized spacial score (nSPS) is 10.4. The Labute approximate surface area is 129 Å². The molecule has 1 amide bonds. The van der Waals surface area contributed by atoms with Gasteiger partial charge in [0.2, 0.25) is 0 Å². The molecule has 0 bridgehead atoms. The Kier molecular flexibility index (Phi) is 4.30. The molecule has 0 aliphatic heterocycles. The summed E-state index contributed by atoms with van der Waals surface area (Å²) in [7, 11) is 0. The molecular formula is C18H17N3O. The maximum Gasteiger partial charge on any atom is 0.251 e. The fourth-order valence-electron chi connectivity index (χ4n) is 2.26. The minimum atomic E-state index is -0.0632. The number of aromatic nitrogens is 2. The Morgan fingerprint density at radius 1 is 0.955 bits per heavy atom. The van der Waals surface area contributed by atoms with Crippen molar-refractivity contribution in [2.75, 3.05) is 6.54 Å². The van der Waals surface area contributed by atoms with Crippen molar-refractivity contribution in [3.63, 3.8) is 0 Å². The molecular weight excluding hydrogens is 274 g/mol. The molecule has 0 saturated carbocycles.